The minimum atomic E-state index is -3.91. The van der Waals surface area contributed by atoms with E-state index in [-0.39, 0.29) is 17.1 Å². The molecule has 66 heavy (non-hydrogen) atoms. The van der Waals surface area contributed by atoms with Crippen LogP contribution in [0.25, 0.3) is 11.3 Å². The monoisotopic (exact) mass is 1140 g/mol. The summed E-state index contributed by atoms with van der Waals surface area (Å²) in [5.74, 6) is 0.0838. The number of hydrogen-bond acceptors (Lipinski definition) is 11. The summed E-state index contributed by atoms with van der Waals surface area (Å²) in [6.07, 6.45) is 4.75. The minimum absolute atomic E-state index is 0.0512. The van der Waals surface area contributed by atoms with Crippen molar-refractivity contribution in [2.75, 3.05) is 0 Å². The van der Waals surface area contributed by atoms with E-state index in [1.54, 1.807) is 79.3 Å². The molecule has 0 spiro atoms. The second kappa shape index (κ2) is 24.1. The summed E-state index contributed by atoms with van der Waals surface area (Å²) in [6.45, 7) is 6.82. The van der Waals surface area contributed by atoms with E-state index in [0.717, 1.165) is 11.1 Å². The molecule has 0 saturated carbocycles. The van der Waals surface area contributed by atoms with Crippen molar-refractivity contribution < 1.29 is 16.8 Å². The third-order valence-corrected chi connectivity index (χ3v) is 15.0. The predicted molar refractivity (Wildman–Crippen MR) is 269 cm³/mol. The van der Waals surface area contributed by atoms with Crippen LogP contribution < -0.4 is 16.7 Å². The van der Waals surface area contributed by atoms with Crippen molar-refractivity contribution in [1.29, 1.82) is 0 Å². The Bertz CT molecular complexity index is 3200. The summed E-state index contributed by atoms with van der Waals surface area (Å²) < 4.78 is 55.8. The van der Waals surface area contributed by atoms with Gasteiger partial charge in [0.2, 0.25) is 29.7 Å². The summed E-state index contributed by atoms with van der Waals surface area (Å²) in [5.41, 5.74) is 2.12. The van der Waals surface area contributed by atoms with Crippen LogP contribution in [0.2, 0.25) is 15.1 Å². The van der Waals surface area contributed by atoms with Gasteiger partial charge in [0.05, 0.1) is 17.2 Å². The summed E-state index contributed by atoms with van der Waals surface area (Å²) in [5, 5.41) is 1.37. The second-order valence-electron chi connectivity index (χ2n) is 14.0. The first-order valence-electron chi connectivity index (χ1n) is 19.9. The first-order chi connectivity index (χ1) is 31.3. The molecule has 7 aromatic rings. The Labute approximate surface area is 418 Å². The van der Waals surface area contributed by atoms with Gasteiger partial charge in [0.1, 0.15) is 9.21 Å². The van der Waals surface area contributed by atoms with Crippen molar-refractivity contribution in [3.05, 3.63) is 194 Å². The zero-order valence-electron chi connectivity index (χ0n) is 35.4. The van der Waals surface area contributed by atoms with Crippen molar-refractivity contribution in [3.8, 4) is 11.3 Å². The van der Waals surface area contributed by atoms with Gasteiger partial charge in [-0.05, 0) is 106 Å². The summed E-state index contributed by atoms with van der Waals surface area (Å²) in [7, 11) is -7.74. The molecule has 0 aliphatic carbocycles. The smallest absolute Gasteiger partial charge is 0.288 e. The Morgan fingerprint density at radius 1 is 0.515 bits per heavy atom. The molecule has 0 N–H and O–H groups in total. The molecule has 0 atom stereocenters. The lowest BCUT2D eigenvalue weighted by molar-refractivity contribution is 0.581. The van der Waals surface area contributed by atoms with E-state index < -0.39 is 40.8 Å². The average Bonchev–Trinajstić information content (AvgIpc) is 3.29. The molecule has 13 nitrogen and oxygen atoms in total. The molecule has 0 radical (unpaired) electrons. The van der Waals surface area contributed by atoms with Crippen LogP contribution in [-0.4, -0.2) is 45.5 Å². The molecular weight excluding hydrogens is 1100 g/mol. The molecule has 0 aliphatic rings. The lowest BCUT2D eigenvalue weighted by Gasteiger charge is -2.10. The van der Waals surface area contributed by atoms with E-state index in [9.17, 15) is 31.2 Å². The van der Waals surface area contributed by atoms with Gasteiger partial charge in [-0.1, -0.05) is 113 Å². The molecule has 21 heteroatoms. The normalized spacial score (nSPS) is 11.3. The van der Waals surface area contributed by atoms with Gasteiger partial charge in [-0.15, -0.1) is 0 Å². The summed E-state index contributed by atoms with van der Waals surface area (Å²) in [6, 6.07) is 29.7. The van der Waals surface area contributed by atoms with E-state index in [1.807, 2.05) is 61.5 Å². The largest absolute Gasteiger partial charge is 0.311 e. The van der Waals surface area contributed by atoms with Crippen LogP contribution in [0.15, 0.2) is 160 Å². The van der Waals surface area contributed by atoms with Crippen LogP contribution in [0.4, 0.5) is 0 Å². The van der Waals surface area contributed by atoms with Gasteiger partial charge in [0.15, 0.2) is 5.03 Å². The van der Waals surface area contributed by atoms with Crippen molar-refractivity contribution in [1.82, 2.24) is 28.7 Å². The van der Waals surface area contributed by atoms with Gasteiger partial charge in [-0.2, -0.15) is 0 Å². The van der Waals surface area contributed by atoms with Gasteiger partial charge in [0.25, 0.3) is 16.7 Å². The van der Waals surface area contributed by atoms with Crippen LogP contribution in [0.1, 0.15) is 37.5 Å². The van der Waals surface area contributed by atoms with Crippen LogP contribution >= 0.6 is 78.4 Å². The highest BCUT2D eigenvalue weighted by atomic mass is 79.9. The molecule has 0 bridgehead atoms. The minimum Gasteiger partial charge on any atom is -0.311 e. The molecule has 0 amide bonds. The molecule has 4 aromatic carbocycles. The van der Waals surface area contributed by atoms with Crippen LogP contribution in [0.5, 0.6) is 0 Å². The highest BCUT2D eigenvalue weighted by molar-refractivity contribution is 9.10. The molecular formula is C45H41Br2Cl3N6O7S3. The van der Waals surface area contributed by atoms with Gasteiger partial charge in [0, 0.05) is 64.6 Å². The van der Waals surface area contributed by atoms with Gasteiger partial charge >= 0.3 is 0 Å². The fraction of sp³-hybridized carbons (Fsp3) is 0.200. The second-order valence-corrected chi connectivity index (χ2v) is 21.7. The van der Waals surface area contributed by atoms with Gasteiger partial charge in [-0.25, -0.2) is 31.8 Å². The van der Waals surface area contributed by atoms with E-state index in [0.29, 0.717) is 71.5 Å². The molecule has 3 aromatic heterocycles. The van der Waals surface area contributed by atoms with E-state index in [4.69, 9.17) is 34.8 Å². The number of nitrogens with zero attached hydrogens (tertiary/aromatic N) is 6. The number of halogens is 5. The first kappa shape index (κ1) is 52.6. The van der Waals surface area contributed by atoms with Crippen LogP contribution in [-0.2, 0) is 56.6 Å². The fourth-order valence-corrected chi connectivity index (χ4v) is 11.0. The first-order valence-corrected chi connectivity index (χ1v) is 26.9. The Hall–Kier alpha value is -4.40. The molecule has 346 valence electrons. The maximum atomic E-state index is 12.9. The molecule has 3 heterocycles. The quantitative estimate of drug-likeness (QED) is 0.101. The third kappa shape index (κ3) is 14.6. The van der Waals surface area contributed by atoms with E-state index >= 15 is 0 Å². The molecule has 7 rings (SSSR count). The Morgan fingerprint density at radius 2 is 0.909 bits per heavy atom. The highest BCUT2D eigenvalue weighted by Gasteiger charge is 2.25. The Balaban J connectivity index is 0.000000188. The number of aryl methyl sites for hydroxylation is 3. The van der Waals surface area contributed by atoms with Gasteiger partial charge in [-0.3, -0.25) is 14.4 Å². The number of sulfone groups is 2. The average molecular weight is 1140 g/mol. The number of benzene rings is 4. The fourth-order valence-electron chi connectivity index (χ4n) is 5.90. The lowest BCUT2D eigenvalue weighted by atomic mass is 10.2. The van der Waals surface area contributed by atoms with Crippen molar-refractivity contribution >= 4 is 98.1 Å². The third-order valence-electron chi connectivity index (χ3n) is 9.28. The molecule has 0 unspecified atom stereocenters. The van der Waals surface area contributed by atoms with Crippen molar-refractivity contribution in [3.63, 3.8) is 0 Å². The summed E-state index contributed by atoms with van der Waals surface area (Å²) in [4.78, 5) is 49.0. The Morgan fingerprint density at radius 3 is 1.36 bits per heavy atom. The number of hydrogen-bond donors (Lipinski definition) is 0. The Kier molecular flexibility index (Phi) is 19.2. The van der Waals surface area contributed by atoms with Crippen molar-refractivity contribution in [2.24, 2.45) is 0 Å². The number of aromatic nitrogens is 6. The van der Waals surface area contributed by atoms with Crippen LogP contribution in [0, 0.1) is 0 Å². The lowest BCUT2D eigenvalue weighted by Crippen LogP contribution is -2.28. The molecule has 0 saturated heterocycles. The maximum Gasteiger partial charge on any atom is 0.288 e. The van der Waals surface area contributed by atoms with Crippen LogP contribution in [0.3, 0.4) is 0 Å². The topological polar surface area (TPSA) is 173 Å². The van der Waals surface area contributed by atoms with Crippen molar-refractivity contribution in [2.45, 2.75) is 72.7 Å². The molecule has 0 aliphatic heterocycles. The summed E-state index contributed by atoms with van der Waals surface area (Å²) >= 11 is 25.3. The zero-order chi connectivity index (χ0) is 48.2. The predicted octanol–water partition coefficient (Wildman–Crippen LogP) is 10.2. The number of rotatable bonds is 13. The maximum absolute atomic E-state index is 12.9. The highest BCUT2D eigenvalue weighted by Crippen LogP contribution is 2.23. The van der Waals surface area contributed by atoms with E-state index in [1.165, 1.54) is 27.1 Å². The van der Waals surface area contributed by atoms with Gasteiger partial charge < -0.3 is 13.7 Å². The zero-order valence-corrected chi connectivity index (χ0v) is 43.3. The van der Waals surface area contributed by atoms with E-state index in [2.05, 4.69) is 46.8 Å². The number of thioether (sulfide) groups is 1. The standard InChI is InChI=1S/C19H17ClN2O3S.C13H12BrClN2O3S.C13H12BrClN2OS/c1-2-22-12-17(15-6-4-3-5-7-15)21-18(19(22)23)26(24,25)13-14-8-10-16(20)11-9-14;1-2-17-7-11(14)16-12(13(17)18)21(19,20)8-9-3-5-10(15)6-4-9;1-2-17-7-11(14)16-12(13(17)18)19-8-9-3-5-10(15)6-4-9/h3-12H,2,13H2,1H3;3-7H,2,8H2,1H3;3-7H,2,8H2,1H3. The molecule has 0 fully saturated rings. The SMILES string of the molecule is CCn1cc(-c2ccccc2)nc(S(=O)(=O)Cc2ccc(Cl)cc2)c1=O.CCn1cc(Br)nc(S(=O)(=O)Cc2ccc(Cl)cc2)c1=O.CCn1cc(Br)nc(SCc2ccc(Cl)cc2)c1=O.